The zero-order valence-corrected chi connectivity index (χ0v) is 22.4. The summed E-state index contributed by atoms with van der Waals surface area (Å²) < 4.78 is 5.77. The van der Waals surface area contributed by atoms with E-state index in [-0.39, 0.29) is 12.1 Å². The van der Waals surface area contributed by atoms with Gasteiger partial charge < -0.3 is 4.74 Å². The van der Waals surface area contributed by atoms with E-state index in [4.69, 9.17) is 16.3 Å². The molecule has 4 aliphatic carbocycles. The number of esters is 1. The number of ether oxygens (including phenoxy) is 1. The van der Waals surface area contributed by atoms with Crippen molar-refractivity contribution < 1.29 is 9.53 Å². The number of rotatable bonds is 10. The lowest BCUT2D eigenvalue weighted by Crippen LogP contribution is -2.50. The van der Waals surface area contributed by atoms with Crippen LogP contribution in [0.5, 0.6) is 0 Å². The molecule has 0 saturated heterocycles. The lowest BCUT2D eigenvalue weighted by molar-refractivity contribution is -0.151. The Kier molecular flexibility index (Phi) is 8.57. The van der Waals surface area contributed by atoms with Gasteiger partial charge in [-0.1, -0.05) is 70.9 Å². The predicted molar refractivity (Wildman–Crippen MR) is 138 cm³/mol. The average Bonchev–Trinajstić information content (AvgIpc) is 3.13. The van der Waals surface area contributed by atoms with Crippen molar-refractivity contribution in [1.82, 2.24) is 0 Å². The van der Waals surface area contributed by atoms with Crippen LogP contribution in [0.3, 0.4) is 0 Å². The summed E-state index contributed by atoms with van der Waals surface area (Å²) in [6.07, 6.45) is 23.2. The van der Waals surface area contributed by atoms with Crippen LogP contribution in [-0.2, 0) is 9.53 Å². The van der Waals surface area contributed by atoms with Crippen molar-refractivity contribution in [3.8, 4) is 0 Å². The van der Waals surface area contributed by atoms with Gasteiger partial charge in [0.25, 0.3) is 0 Å². The number of allylic oxidation sites excluding steroid dienone is 1. The molecule has 0 spiro atoms. The van der Waals surface area contributed by atoms with E-state index in [9.17, 15) is 4.79 Å². The SMILES string of the molecule is CCCCCCCCC1CCC2C3CC=C4C[C@@H](OC(=O)CCCl)CC[C@]4(C)C3CC[C@]12C. The largest absolute Gasteiger partial charge is 0.462 e. The molecular formula is C30H49ClO2. The number of alkyl halides is 1. The highest BCUT2D eigenvalue weighted by Gasteiger charge is 2.58. The number of fused-ring (bicyclic) bond motifs is 5. The van der Waals surface area contributed by atoms with E-state index in [0.29, 0.717) is 23.1 Å². The molecule has 0 aromatic carbocycles. The number of unbranched alkanes of at least 4 members (excludes halogenated alkanes) is 5. The summed E-state index contributed by atoms with van der Waals surface area (Å²) in [5, 5.41) is 0. The van der Waals surface area contributed by atoms with Crippen molar-refractivity contribution >= 4 is 17.6 Å². The molecule has 2 nitrogen and oxygen atoms in total. The van der Waals surface area contributed by atoms with Gasteiger partial charge >= 0.3 is 5.97 Å². The fourth-order valence-electron chi connectivity index (χ4n) is 8.80. The fraction of sp³-hybridized carbons (Fsp3) is 0.900. The van der Waals surface area contributed by atoms with Crippen LogP contribution in [0.25, 0.3) is 0 Å². The molecule has 4 unspecified atom stereocenters. The fourth-order valence-corrected chi connectivity index (χ4v) is 8.96. The first-order valence-corrected chi connectivity index (χ1v) is 14.9. The second-order valence-corrected chi connectivity index (χ2v) is 12.8. The molecule has 33 heavy (non-hydrogen) atoms. The normalized spacial score (nSPS) is 39.9. The third-order valence-corrected chi connectivity index (χ3v) is 10.9. The lowest BCUT2D eigenvalue weighted by Gasteiger charge is -2.58. The summed E-state index contributed by atoms with van der Waals surface area (Å²) in [7, 11) is 0. The highest BCUT2D eigenvalue weighted by molar-refractivity contribution is 6.18. The average molecular weight is 477 g/mol. The highest BCUT2D eigenvalue weighted by Crippen LogP contribution is 2.66. The van der Waals surface area contributed by atoms with Crippen molar-refractivity contribution in [2.24, 2.45) is 34.5 Å². The summed E-state index contributed by atoms with van der Waals surface area (Å²) in [6.45, 7) is 7.54. The molecule has 0 amide bonds. The van der Waals surface area contributed by atoms with Gasteiger partial charge in [0, 0.05) is 12.3 Å². The third-order valence-electron chi connectivity index (χ3n) is 10.8. The highest BCUT2D eigenvalue weighted by atomic mass is 35.5. The van der Waals surface area contributed by atoms with Crippen molar-refractivity contribution in [2.75, 3.05) is 5.88 Å². The smallest absolute Gasteiger partial charge is 0.307 e. The molecule has 4 rings (SSSR count). The predicted octanol–water partition coefficient (Wildman–Crippen LogP) is 8.86. The van der Waals surface area contributed by atoms with Gasteiger partial charge in [-0.2, -0.15) is 0 Å². The van der Waals surface area contributed by atoms with Gasteiger partial charge in [-0.05, 0) is 85.9 Å². The molecule has 0 aliphatic heterocycles. The molecule has 3 saturated carbocycles. The number of halogens is 1. The van der Waals surface area contributed by atoms with Crippen LogP contribution >= 0.6 is 11.6 Å². The Bertz CT molecular complexity index is 701. The van der Waals surface area contributed by atoms with Crippen LogP contribution in [0.4, 0.5) is 0 Å². The maximum absolute atomic E-state index is 12.0. The Balaban J connectivity index is 1.37. The molecule has 3 fully saturated rings. The minimum atomic E-state index is -0.122. The van der Waals surface area contributed by atoms with E-state index in [0.717, 1.165) is 36.5 Å². The van der Waals surface area contributed by atoms with E-state index in [2.05, 4.69) is 26.8 Å². The second-order valence-electron chi connectivity index (χ2n) is 12.4. The van der Waals surface area contributed by atoms with Gasteiger partial charge in [-0.3, -0.25) is 4.79 Å². The number of hydrogen-bond acceptors (Lipinski definition) is 2. The van der Waals surface area contributed by atoms with Crippen LogP contribution in [-0.4, -0.2) is 18.0 Å². The molecule has 0 heterocycles. The summed E-state index contributed by atoms with van der Waals surface area (Å²) >= 11 is 5.73. The molecule has 0 radical (unpaired) electrons. The summed E-state index contributed by atoms with van der Waals surface area (Å²) in [4.78, 5) is 12.0. The first kappa shape index (κ1) is 25.6. The molecule has 7 atom stereocenters. The monoisotopic (exact) mass is 476 g/mol. The van der Waals surface area contributed by atoms with Crippen LogP contribution in [0, 0.1) is 34.5 Å². The van der Waals surface area contributed by atoms with Gasteiger partial charge in [-0.25, -0.2) is 0 Å². The van der Waals surface area contributed by atoms with E-state index >= 15 is 0 Å². The Morgan fingerprint density at radius 2 is 1.82 bits per heavy atom. The minimum Gasteiger partial charge on any atom is -0.462 e. The van der Waals surface area contributed by atoms with Gasteiger partial charge in [0.1, 0.15) is 6.10 Å². The summed E-state index contributed by atoms with van der Waals surface area (Å²) in [5.41, 5.74) is 2.52. The summed E-state index contributed by atoms with van der Waals surface area (Å²) in [5.74, 6) is 3.84. The number of carbonyl (C=O) groups excluding carboxylic acids is 1. The van der Waals surface area contributed by atoms with Gasteiger partial charge in [0.2, 0.25) is 0 Å². The van der Waals surface area contributed by atoms with Gasteiger partial charge in [0.15, 0.2) is 0 Å². The molecule has 0 bridgehead atoms. The van der Waals surface area contributed by atoms with E-state index in [1.807, 2.05) is 0 Å². The van der Waals surface area contributed by atoms with E-state index < -0.39 is 0 Å². The van der Waals surface area contributed by atoms with Crippen LogP contribution in [0.15, 0.2) is 11.6 Å². The first-order chi connectivity index (χ1) is 15.9. The van der Waals surface area contributed by atoms with Crippen molar-refractivity contribution in [3.63, 3.8) is 0 Å². The first-order valence-electron chi connectivity index (χ1n) is 14.4. The number of hydrogen-bond donors (Lipinski definition) is 0. The lowest BCUT2D eigenvalue weighted by atomic mass is 9.47. The Hall–Kier alpha value is -0.500. The molecule has 4 aliphatic rings. The second kappa shape index (κ2) is 11.0. The Morgan fingerprint density at radius 3 is 2.61 bits per heavy atom. The van der Waals surface area contributed by atoms with Crippen LogP contribution < -0.4 is 0 Å². The number of carbonyl (C=O) groups is 1. The maximum Gasteiger partial charge on any atom is 0.307 e. The minimum absolute atomic E-state index is 0.0682. The van der Waals surface area contributed by atoms with E-state index in [1.165, 1.54) is 83.5 Å². The zero-order chi connectivity index (χ0) is 23.5. The van der Waals surface area contributed by atoms with Crippen LogP contribution in [0.1, 0.15) is 124 Å². The third kappa shape index (κ3) is 5.22. The van der Waals surface area contributed by atoms with Crippen molar-refractivity contribution in [3.05, 3.63) is 11.6 Å². The van der Waals surface area contributed by atoms with Gasteiger partial charge in [-0.15, -0.1) is 11.6 Å². The van der Waals surface area contributed by atoms with Crippen LogP contribution in [0.2, 0.25) is 0 Å². The zero-order valence-electron chi connectivity index (χ0n) is 21.7. The topological polar surface area (TPSA) is 26.3 Å². The molecule has 0 aromatic rings. The molecule has 188 valence electrons. The van der Waals surface area contributed by atoms with E-state index in [1.54, 1.807) is 5.57 Å². The van der Waals surface area contributed by atoms with Gasteiger partial charge in [0.05, 0.1) is 6.42 Å². The quantitative estimate of drug-likeness (QED) is 0.136. The maximum atomic E-state index is 12.0. The molecule has 0 aromatic heterocycles. The molecular weight excluding hydrogens is 428 g/mol. The standard InChI is InChI=1S/C30H49ClO2/c1-4-5-6-7-8-9-10-22-12-14-26-25-13-11-23-21-24(33-28(32)17-20-31)15-18-30(23,3)27(25)16-19-29(22,26)2/h11,22,24-27H,4-10,12-21H2,1-3H3/t22?,24-,25?,26?,27?,29+,30-/m0/s1. The Labute approximate surface area is 208 Å². The van der Waals surface area contributed by atoms with Crippen molar-refractivity contribution in [2.45, 2.75) is 130 Å². The summed E-state index contributed by atoms with van der Waals surface area (Å²) in [6, 6.07) is 0. The Morgan fingerprint density at radius 1 is 1.03 bits per heavy atom. The molecule has 3 heteroatoms. The molecule has 0 N–H and O–H groups in total. The van der Waals surface area contributed by atoms with Crippen molar-refractivity contribution in [1.29, 1.82) is 0 Å².